The number of cyclic esters (lactones) is 2. The Hall–Kier alpha value is -6.86. The SMILES string of the molecule is C[C@@H](c1ccc(-c2ccc(F)cc2F)cc1)N1CC[C@](CCN)(c2ccc(F)cc2)OC1=O.C[C@@H](c1ccc(-c2ccc(F)cc2F)cc1)N1CC[C@](CCNS(N)(=O)=O)(c2ccc(F)cc2)OC1=O.NS(N)(=O)=O. The van der Waals surface area contributed by atoms with Crippen molar-refractivity contribution in [3.05, 3.63) is 191 Å². The molecule has 8 rings (SSSR count). The summed E-state index contributed by atoms with van der Waals surface area (Å²) in [5, 5.41) is 13.2. The van der Waals surface area contributed by atoms with E-state index in [0.717, 1.165) is 28.8 Å². The molecule has 400 valence electrons. The van der Waals surface area contributed by atoms with Gasteiger partial charge in [0.2, 0.25) is 0 Å². The standard InChI is InChI=1S/C26H26F3N3O4S.C26H25F3N2O2.H4N2O2S/c1-17(18-2-4-19(5-3-18)23-11-10-22(28)16-24(23)29)32-15-13-26(36-25(32)33,12-14-31-37(30,34)35)20-6-8-21(27)9-7-20;1-17(18-2-4-19(5-3-18)23-11-10-22(28)16-24(23)29)31-15-13-26(12-14-30,33-25(31)32)20-6-8-21(27)9-7-20;1-5(2,3)4/h2-11,16-17,31H,12-15H2,1H3,(H2,30,34,35);2-11,16-17H,12-15,30H2,1H3;(H4,1,2,3,4)/t2*17-,26+;/m00./s1. The van der Waals surface area contributed by atoms with Crippen molar-refractivity contribution >= 4 is 32.6 Å². The third-order valence-corrected chi connectivity index (χ3v) is 13.5. The zero-order valence-corrected chi connectivity index (χ0v) is 42.2. The third kappa shape index (κ3) is 15.1. The molecule has 0 unspecified atom stereocenters. The molecule has 2 heterocycles. The van der Waals surface area contributed by atoms with Crippen LogP contribution in [0.2, 0.25) is 0 Å². The van der Waals surface area contributed by atoms with Crippen molar-refractivity contribution in [3.8, 4) is 22.3 Å². The average molecular weight is 1080 g/mol. The van der Waals surface area contributed by atoms with Crippen molar-refractivity contribution in [1.29, 1.82) is 0 Å². The molecule has 6 aromatic rings. The fourth-order valence-corrected chi connectivity index (χ4v) is 9.30. The summed E-state index contributed by atoms with van der Waals surface area (Å²) >= 11 is 0. The van der Waals surface area contributed by atoms with E-state index in [2.05, 4.69) is 15.0 Å². The number of nitrogens with one attached hydrogen (secondary N) is 1. The van der Waals surface area contributed by atoms with Gasteiger partial charge in [-0.05, 0) is 102 Å². The van der Waals surface area contributed by atoms with Gasteiger partial charge in [-0.3, -0.25) is 0 Å². The minimum Gasteiger partial charge on any atom is -0.438 e. The van der Waals surface area contributed by atoms with Crippen LogP contribution in [0.5, 0.6) is 0 Å². The Bertz CT molecular complexity index is 3180. The second-order valence-corrected chi connectivity index (χ2v) is 20.3. The highest BCUT2D eigenvalue weighted by molar-refractivity contribution is 7.87. The average Bonchev–Trinajstić information content (AvgIpc) is 3.34. The first-order valence-electron chi connectivity index (χ1n) is 23.2. The van der Waals surface area contributed by atoms with Gasteiger partial charge in [0, 0.05) is 68.6 Å². The predicted molar refractivity (Wildman–Crippen MR) is 269 cm³/mol. The first-order chi connectivity index (χ1) is 35.3. The summed E-state index contributed by atoms with van der Waals surface area (Å²) in [6.07, 6.45) is 0.281. The van der Waals surface area contributed by atoms with Crippen molar-refractivity contribution in [2.45, 2.75) is 62.8 Å². The lowest BCUT2D eigenvalue weighted by molar-refractivity contribution is -0.0649. The molecule has 0 bridgehead atoms. The van der Waals surface area contributed by atoms with Gasteiger partial charge in [0.1, 0.15) is 46.1 Å². The summed E-state index contributed by atoms with van der Waals surface area (Å²) in [4.78, 5) is 29.3. The number of ether oxygens (including phenoxy) is 2. The molecule has 15 nitrogen and oxygen atoms in total. The van der Waals surface area contributed by atoms with Crippen LogP contribution in [0.25, 0.3) is 22.3 Å². The van der Waals surface area contributed by atoms with E-state index in [9.17, 15) is 52.8 Å². The van der Waals surface area contributed by atoms with Gasteiger partial charge in [0.15, 0.2) is 0 Å². The van der Waals surface area contributed by atoms with Gasteiger partial charge in [0.05, 0.1) is 12.1 Å². The van der Waals surface area contributed by atoms with Crippen LogP contribution in [0.3, 0.4) is 0 Å². The molecule has 4 atom stereocenters. The first-order valence-corrected chi connectivity index (χ1v) is 26.4. The topological polar surface area (TPSA) is 243 Å². The normalized spacial score (nSPS) is 18.6. The van der Waals surface area contributed by atoms with Gasteiger partial charge in [-0.15, -0.1) is 0 Å². The zero-order chi connectivity index (χ0) is 54.9. The second-order valence-electron chi connectivity index (χ2n) is 17.8. The number of hydrogen-bond donors (Lipinski definition) is 5. The number of hydrogen-bond acceptors (Lipinski definition) is 9. The highest BCUT2D eigenvalue weighted by Crippen LogP contribution is 2.41. The van der Waals surface area contributed by atoms with Gasteiger partial charge in [0.25, 0.3) is 20.4 Å². The van der Waals surface area contributed by atoms with E-state index in [1.54, 1.807) is 53.4 Å². The van der Waals surface area contributed by atoms with Crippen molar-refractivity contribution in [2.75, 3.05) is 26.2 Å². The van der Waals surface area contributed by atoms with E-state index in [1.165, 1.54) is 65.6 Å². The van der Waals surface area contributed by atoms with Gasteiger partial charge >= 0.3 is 12.2 Å². The Morgan fingerprint density at radius 1 is 0.547 bits per heavy atom. The molecule has 23 heteroatoms. The summed E-state index contributed by atoms with van der Waals surface area (Å²) in [6, 6.07) is 31.7. The molecule has 2 fully saturated rings. The van der Waals surface area contributed by atoms with Crippen molar-refractivity contribution in [3.63, 3.8) is 0 Å². The number of nitrogens with zero attached hydrogens (tertiary/aromatic N) is 2. The number of benzene rings is 6. The van der Waals surface area contributed by atoms with Gasteiger partial charge in [-0.1, -0.05) is 72.8 Å². The molecule has 2 aliphatic heterocycles. The molecule has 0 aliphatic carbocycles. The summed E-state index contributed by atoms with van der Waals surface area (Å²) in [7, 11) is -7.61. The minimum absolute atomic E-state index is 0.0829. The van der Waals surface area contributed by atoms with Crippen LogP contribution in [-0.2, 0) is 41.1 Å². The van der Waals surface area contributed by atoms with E-state index in [1.807, 2.05) is 26.0 Å². The summed E-state index contributed by atoms with van der Waals surface area (Å²) in [6.45, 7) is 4.67. The molecule has 2 aliphatic rings. The summed E-state index contributed by atoms with van der Waals surface area (Å²) in [5.74, 6) is -3.41. The zero-order valence-electron chi connectivity index (χ0n) is 40.6. The molecular formula is C52H55F6N7O8S2. The van der Waals surface area contributed by atoms with E-state index in [-0.39, 0.29) is 36.9 Å². The monoisotopic (exact) mass is 1080 g/mol. The van der Waals surface area contributed by atoms with E-state index < -0.39 is 78.9 Å². The Morgan fingerprint density at radius 2 is 0.893 bits per heavy atom. The molecule has 9 N–H and O–H groups in total. The fraction of sp³-hybridized carbons (Fsp3) is 0.269. The maximum absolute atomic E-state index is 14.2. The Kier molecular flexibility index (Phi) is 18.5. The molecule has 0 aromatic heterocycles. The number of carbonyl (C=O) groups is 2. The number of halogens is 6. The van der Waals surface area contributed by atoms with Crippen LogP contribution in [0, 0.1) is 34.9 Å². The summed E-state index contributed by atoms with van der Waals surface area (Å²) < 4.78 is 137. The fourth-order valence-electron chi connectivity index (χ4n) is 8.91. The molecule has 0 radical (unpaired) electrons. The third-order valence-electron chi connectivity index (χ3n) is 12.9. The highest BCUT2D eigenvalue weighted by atomic mass is 32.2. The molecule has 6 aromatic carbocycles. The minimum atomic E-state index is -3.95. The van der Waals surface area contributed by atoms with Crippen LogP contribution in [0.15, 0.2) is 133 Å². The van der Waals surface area contributed by atoms with Gasteiger partial charge in [-0.25, -0.2) is 56.1 Å². The van der Waals surface area contributed by atoms with Crippen molar-refractivity contribution in [2.24, 2.45) is 21.2 Å². The predicted octanol–water partition coefficient (Wildman–Crippen LogP) is 8.82. The number of rotatable bonds is 14. The smallest absolute Gasteiger partial charge is 0.411 e. The van der Waals surface area contributed by atoms with E-state index >= 15 is 0 Å². The lowest BCUT2D eigenvalue weighted by Gasteiger charge is -2.43. The second kappa shape index (κ2) is 24.2. The van der Waals surface area contributed by atoms with Crippen molar-refractivity contribution in [1.82, 2.24) is 14.5 Å². The largest absolute Gasteiger partial charge is 0.438 e. The van der Waals surface area contributed by atoms with E-state index in [0.29, 0.717) is 54.6 Å². The lowest BCUT2D eigenvalue weighted by Crippen LogP contribution is -2.50. The first kappa shape index (κ1) is 57.4. The molecule has 75 heavy (non-hydrogen) atoms. The number of carbonyl (C=O) groups excluding carboxylic acids is 2. The molecular weight excluding hydrogens is 1030 g/mol. The van der Waals surface area contributed by atoms with Crippen LogP contribution in [0.4, 0.5) is 35.9 Å². The van der Waals surface area contributed by atoms with Crippen LogP contribution >= 0.6 is 0 Å². The molecule has 0 saturated carbocycles. The maximum Gasteiger partial charge on any atom is 0.411 e. The van der Waals surface area contributed by atoms with Gasteiger partial charge in [-0.2, -0.15) is 16.8 Å². The Morgan fingerprint density at radius 3 is 1.21 bits per heavy atom. The van der Waals surface area contributed by atoms with E-state index in [4.69, 9.17) is 20.3 Å². The number of amides is 2. The van der Waals surface area contributed by atoms with Crippen molar-refractivity contribution < 1.29 is 62.2 Å². The van der Waals surface area contributed by atoms with Crippen LogP contribution < -0.4 is 25.9 Å². The van der Waals surface area contributed by atoms with Crippen LogP contribution in [0.1, 0.15) is 73.9 Å². The van der Waals surface area contributed by atoms with Gasteiger partial charge < -0.3 is 25.0 Å². The Labute approximate surface area is 430 Å². The Balaban J connectivity index is 0.000000225. The van der Waals surface area contributed by atoms with Crippen LogP contribution in [-0.4, -0.2) is 65.0 Å². The lowest BCUT2D eigenvalue weighted by atomic mass is 9.85. The maximum atomic E-state index is 14.2. The quantitative estimate of drug-likeness (QED) is 0.0654. The number of nitrogens with two attached hydrogens (primary N) is 4. The summed E-state index contributed by atoms with van der Waals surface area (Å²) in [5.41, 5.74) is 8.36. The molecule has 0 spiro atoms. The molecule has 2 saturated heterocycles. The molecule has 2 amide bonds. The highest BCUT2D eigenvalue weighted by Gasteiger charge is 2.45.